The highest BCUT2D eigenvalue weighted by Gasteiger charge is 2.31. The second-order valence-electron chi connectivity index (χ2n) is 6.81. The lowest BCUT2D eigenvalue weighted by Crippen LogP contribution is -2.29. The van der Waals surface area contributed by atoms with E-state index in [1.807, 2.05) is 60.7 Å². The first-order chi connectivity index (χ1) is 15.6. The summed E-state index contributed by atoms with van der Waals surface area (Å²) in [6, 6.07) is 17.1. The van der Waals surface area contributed by atoms with E-state index < -0.39 is 0 Å². The molecule has 0 saturated carbocycles. The molecule has 6 nitrogen and oxygen atoms in total. The quantitative estimate of drug-likeness (QED) is 0.336. The molecule has 0 radical (unpaired) electrons. The summed E-state index contributed by atoms with van der Waals surface area (Å²) in [6.45, 7) is 0.393. The maximum Gasteiger partial charge on any atom is 0.266 e. The summed E-state index contributed by atoms with van der Waals surface area (Å²) in [7, 11) is 0. The second kappa shape index (κ2) is 10.5. The van der Waals surface area contributed by atoms with Crippen LogP contribution in [0.1, 0.15) is 18.4 Å². The van der Waals surface area contributed by atoms with Crippen molar-refractivity contribution in [2.75, 3.05) is 11.9 Å². The van der Waals surface area contributed by atoms with Crippen molar-refractivity contribution in [2.24, 2.45) is 0 Å². The van der Waals surface area contributed by atoms with Gasteiger partial charge in [-0.05, 0) is 42.3 Å². The fourth-order valence-corrected chi connectivity index (χ4v) is 4.85. The van der Waals surface area contributed by atoms with Crippen molar-refractivity contribution in [3.63, 3.8) is 0 Å². The van der Waals surface area contributed by atoms with E-state index in [0.29, 0.717) is 33.1 Å². The van der Waals surface area contributed by atoms with Crippen LogP contribution in [0.4, 0.5) is 5.13 Å². The fourth-order valence-electron chi connectivity index (χ4n) is 3.00. The SMILES string of the molecule is O=C(CCCN1C(=O)/C(=C/c2cccc(Oc3ccccc3)c2)SC1=S)Nc1nccs1. The predicted octanol–water partition coefficient (Wildman–Crippen LogP) is 5.56. The number of thioether (sulfide) groups is 1. The molecule has 9 heteroatoms. The molecule has 1 aliphatic rings. The van der Waals surface area contributed by atoms with E-state index in [0.717, 1.165) is 11.3 Å². The third-order valence-electron chi connectivity index (χ3n) is 4.47. The van der Waals surface area contributed by atoms with Gasteiger partial charge in [-0.15, -0.1) is 11.3 Å². The van der Waals surface area contributed by atoms with Gasteiger partial charge in [0.1, 0.15) is 15.8 Å². The van der Waals surface area contributed by atoms with E-state index in [1.54, 1.807) is 16.5 Å². The minimum atomic E-state index is -0.144. The van der Waals surface area contributed by atoms with Crippen LogP contribution in [0.25, 0.3) is 6.08 Å². The molecule has 1 fully saturated rings. The summed E-state index contributed by atoms with van der Waals surface area (Å²) in [5.74, 6) is 1.16. The number of nitrogens with one attached hydrogen (secondary N) is 1. The van der Waals surface area contributed by atoms with Crippen molar-refractivity contribution in [2.45, 2.75) is 12.8 Å². The number of thiazole rings is 1. The van der Waals surface area contributed by atoms with Crippen molar-refractivity contribution in [3.8, 4) is 11.5 Å². The van der Waals surface area contributed by atoms with Crippen molar-refractivity contribution in [1.29, 1.82) is 0 Å². The predicted molar refractivity (Wildman–Crippen MR) is 133 cm³/mol. The van der Waals surface area contributed by atoms with Gasteiger partial charge in [0.2, 0.25) is 5.91 Å². The lowest BCUT2D eigenvalue weighted by Gasteiger charge is -2.13. The Labute approximate surface area is 199 Å². The summed E-state index contributed by atoms with van der Waals surface area (Å²) in [4.78, 5) is 31.0. The van der Waals surface area contributed by atoms with Crippen LogP contribution < -0.4 is 10.1 Å². The lowest BCUT2D eigenvalue weighted by molar-refractivity contribution is -0.122. The Morgan fingerprint density at radius 2 is 1.97 bits per heavy atom. The van der Waals surface area contributed by atoms with Crippen LogP contribution in [-0.4, -0.2) is 32.6 Å². The van der Waals surface area contributed by atoms with Crippen LogP contribution in [0.3, 0.4) is 0 Å². The molecule has 2 aromatic carbocycles. The molecule has 1 N–H and O–H groups in total. The first kappa shape index (κ1) is 22.2. The number of rotatable bonds is 8. The highest BCUT2D eigenvalue weighted by atomic mass is 32.2. The fraction of sp³-hybridized carbons (Fsp3) is 0.130. The molecule has 2 amide bonds. The number of hydrogen-bond acceptors (Lipinski definition) is 7. The average molecular weight is 482 g/mol. The van der Waals surface area contributed by atoms with E-state index in [1.165, 1.54) is 23.1 Å². The zero-order valence-electron chi connectivity index (χ0n) is 16.9. The van der Waals surface area contributed by atoms with Crippen LogP contribution in [0.2, 0.25) is 0 Å². The van der Waals surface area contributed by atoms with E-state index in [-0.39, 0.29) is 18.2 Å². The number of nitrogens with zero attached hydrogens (tertiary/aromatic N) is 2. The van der Waals surface area contributed by atoms with Crippen molar-refractivity contribution in [1.82, 2.24) is 9.88 Å². The Morgan fingerprint density at radius 3 is 2.75 bits per heavy atom. The van der Waals surface area contributed by atoms with Crippen LogP contribution in [0.5, 0.6) is 11.5 Å². The standard InChI is InChI=1S/C23H19N3O3S3/c27-20(25-22-24-11-13-31-22)10-5-12-26-21(28)19(32-23(26)30)15-16-6-4-9-18(14-16)29-17-7-2-1-3-8-17/h1-4,6-9,11,13-15H,5,10,12H2,(H,24,25,27)/b19-15-. The molecule has 1 aromatic heterocycles. The highest BCUT2D eigenvalue weighted by Crippen LogP contribution is 2.33. The van der Waals surface area contributed by atoms with Gasteiger partial charge < -0.3 is 10.1 Å². The molecule has 162 valence electrons. The maximum absolute atomic E-state index is 12.8. The van der Waals surface area contributed by atoms with Crippen molar-refractivity contribution in [3.05, 3.63) is 76.6 Å². The van der Waals surface area contributed by atoms with Gasteiger partial charge in [-0.2, -0.15) is 0 Å². The third kappa shape index (κ3) is 5.82. The summed E-state index contributed by atoms with van der Waals surface area (Å²) in [5, 5.41) is 5.11. The van der Waals surface area contributed by atoms with Crippen LogP contribution in [-0.2, 0) is 9.59 Å². The van der Waals surface area contributed by atoms with Gasteiger partial charge in [-0.3, -0.25) is 14.5 Å². The molecule has 0 bridgehead atoms. The van der Waals surface area contributed by atoms with Gasteiger partial charge >= 0.3 is 0 Å². The van der Waals surface area contributed by atoms with Gasteiger partial charge in [-0.25, -0.2) is 4.98 Å². The van der Waals surface area contributed by atoms with E-state index in [4.69, 9.17) is 17.0 Å². The zero-order valence-corrected chi connectivity index (χ0v) is 19.3. The van der Waals surface area contributed by atoms with Gasteiger partial charge in [-0.1, -0.05) is 54.3 Å². The first-order valence-corrected chi connectivity index (χ1v) is 12.0. The number of thiocarbonyl (C=S) groups is 1. The molecule has 32 heavy (non-hydrogen) atoms. The highest BCUT2D eigenvalue weighted by molar-refractivity contribution is 8.26. The number of anilines is 1. The van der Waals surface area contributed by atoms with Crippen LogP contribution in [0.15, 0.2) is 71.1 Å². The molecule has 0 aliphatic carbocycles. The van der Waals surface area contributed by atoms with Crippen molar-refractivity contribution >= 4 is 62.7 Å². The summed E-state index contributed by atoms with van der Waals surface area (Å²) in [5.41, 5.74) is 0.849. The number of para-hydroxylation sites is 1. The number of benzene rings is 2. The minimum Gasteiger partial charge on any atom is -0.457 e. The topological polar surface area (TPSA) is 71.5 Å². The molecule has 2 heterocycles. The zero-order chi connectivity index (χ0) is 22.3. The lowest BCUT2D eigenvalue weighted by atomic mass is 10.2. The van der Waals surface area contributed by atoms with Gasteiger partial charge in [0, 0.05) is 24.5 Å². The Bertz CT molecular complexity index is 1150. The molecular weight excluding hydrogens is 462 g/mol. The first-order valence-electron chi connectivity index (χ1n) is 9.86. The summed E-state index contributed by atoms with van der Waals surface area (Å²) in [6.07, 6.45) is 4.24. The van der Waals surface area contributed by atoms with Gasteiger partial charge in [0.15, 0.2) is 5.13 Å². The summed E-state index contributed by atoms with van der Waals surface area (Å²) < 4.78 is 6.37. The monoisotopic (exact) mass is 481 g/mol. The number of aromatic nitrogens is 1. The largest absolute Gasteiger partial charge is 0.457 e. The molecule has 1 saturated heterocycles. The van der Waals surface area contributed by atoms with E-state index in [2.05, 4.69) is 10.3 Å². The smallest absolute Gasteiger partial charge is 0.266 e. The number of carbonyl (C=O) groups excluding carboxylic acids is 2. The van der Waals surface area contributed by atoms with Gasteiger partial charge in [0.05, 0.1) is 4.91 Å². The molecule has 3 aromatic rings. The molecule has 0 atom stereocenters. The molecule has 0 spiro atoms. The van der Waals surface area contributed by atoms with Gasteiger partial charge in [0.25, 0.3) is 5.91 Å². The van der Waals surface area contributed by atoms with Crippen LogP contribution >= 0.6 is 35.3 Å². The van der Waals surface area contributed by atoms with Crippen LogP contribution in [0, 0.1) is 0 Å². The molecular formula is C23H19N3O3S3. The number of ether oxygens (including phenoxy) is 1. The maximum atomic E-state index is 12.8. The number of carbonyl (C=O) groups is 2. The Hall–Kier alpha value is -3.01. The normalized spacial score (nSPS) is 14.8. The Morgan fingerprint density at radius 1 is 1.16 bits per heavy atom. The van der Waals surface area contributed by atoms with E-state index in [9.17, 15) is 9.59 Å². The Balaban J connectivity index is 1.35. The number of amides is 2. The molecule has 4 rings (SSSR count). The third-order valence-corrected chi connectivity index (χ3v) is 6.54. The van der Waals surface area contributed by atoms with E-state index >= 15 is 0 Å². The second-order valence-corrected chi connectivity index (χ2v) is 9.38. The minimum absolute atomic E-state index is 0.129. The Kier molecular flexibility index (Phi) is 7.31. The molecule has 0 unspecified atom stereocenters. The average Bonchev–Trinajstić information content (AvgIpc) is 3.38. The number of hydrogen-bond donors (Lipinski definition) is 1. The molecule has 1 aliphatic heterocycles. The van der Waals surface area contributed by atoms with Crippen molar-refractivity contribution < 1.29 is 14.3 Å². The summed E-state index contributed by atoms with van der Waals surface area (Å²) >= 11 is 8.02.